The van der Waals surface area contributed by atoms with Gasteiger partial charge >= 0.3 is 0 Å². The van der Waals surface area contributed by atoms with E-state index in [9.17, 15) is 5.11 Å². The number of rotatable bonds is 13. The lowest BCUT2D eigenvalue weighted by Crippen LogP contribution is -2.09. The molecule has 110 valence electrons. The van der Waals surface area contributed by atoms with Gasteiger partial charge in [-0.2, -0.15) is 0 Å². The van der Waals surface area contributed by atoms with E-state index in [0.29, 0.717) is 5.92 Å². The smallest absolute Gasteiger partial charge is 0.0542 e. The minimum atomic E-state index is -0.0564. The van der Waals surface area contributed by atoms with Gasteiger partial charge in [0.15, 0.2) is 0 Å². The number of hydrogen-bond donors (Lipinski definition) is 1. The van der Waals surface area contributed by atoms with Crippen LogP contribution in [0.1, 0.15) is 97.8 Å². The van der Waals surface area contributed by atoms with Crippen LogP contribution in [0, 0.1) is 5.92 Å². The number of unbranched alkanes of at least 4 members (excludes halogenated alkanes) is 9. The predicted molar refractivity (Wildman–Crippen MR) is 81.9 cm³/mol. The molecule has 1 nitrogen and oxygen atoms in total. The van der Waals surface area contributed by atoms with E-state index < -0.39 is 0 Å². The van der Waals surface area contributed by atoms with Crippen LogP contribution in [-0.4, -0.2) is 11.2 Å². The summed E-state index contributed by atoms with van der Waals surface area (Å²) in [5.74, 6) is 0.628. The first-order valence-corrected chi connectivity index (χ1v) is 8.34. The van der Waals surface area contributed by atoms with Crippen molar-refractivity contribution in [2.75, 3.05) is 0 Å². The maximum Gasteiger partial charge on any atom is 0.0542 e. The van der Waals surface area contributed by atoms with Crippen LogP contribution in [0.3, 0.4) is 0 Å². The third-order valence-corrected chi connectivity index (χ3v) is 3.63. The fourth-order valence-electron chi connectivity index (χ4n) is 2.53. The quantitative estimate of drug-likeness (QED) is 0.419. The fourth-order valence-corrected chi connectivity index (χ4v) is 2.53. The Labute approximate surface area is 115 Å². The molecule has 0 aliphatic heterocycles. The summed E-state index contributed by atoms with van der Waals surface area (Å²) < 4.78 is 0. The molecule has 0 fully saturated rings. The molecule has 0 aromatic heterocycles. The van der Waals surface area contributed by atoms with Gasteiger partial charge in [-0.05, 0) is 18.8 Å². The lowest BCUT2D eigenvalue weighted by atomic mass is 10.00. The molecule has 0 spiro atoms. The Morgan fingerprint density at radius 2 is 1.17 bits per heavy atom. The van der Waals surface area contributed by atoms with E-state index >= 15 is 0 Å². The van der Waals surface area contributed by atoms with Crippen molar-refractivity contribution in [3.05, 3.63) is 0 Å². The highest BCUT2D eigenvalue weighted by atomic mass is 16.3. The monoisotopic (exact) mass is 256 g/mol. The lowest BCUT2D eigenvalue weighted by Gasteiger charge is -2.12. The van der Waals surface area contributed by atoms with Crippen molar-refractivity contribution in [1.29, 1.82) is 0 Å². The SMILES string of the molecule is CCCCCCCCCCCCC(O)CC(C)C. The number of aliphatic hydroxyl groups excluding tert-OH is 1. The Morgan fingerprint density at radius 3 is 1.61 bits per heavy atom. The van der Waals surface area contributed by atoms with E-state index in [1.807, 2.05) is 0 Å². The summed E-state index contributed by atoms with van der Waals surface area (Å²) in [5, 5.41) is 9.74. The Morgan fingerprint density at radius 1 is 0.722 bits per heavy atom. The molecule has 0 aromatic carbocycles. The number of aliphatic hydroxyl groups is 1. The summed E-state index contributed by atoms with van der Waals surface area (Å²) in [5.41, 5.74) is 0. The average Bonchev–Trinajstić information content (AvgIpc) is 2.30. The van der Waals surface area contributed by atoms with Gasteiger partial charge < -0.3 is 5.11 Å². The van der Waals surface area contributed by atoms with Crippen LogP contribution >= 0.6 is 0 Å². The van der Waals surface area contributed by atoms with E-state index in [2.05, 4.69) is 20.8 Å². The summed E-state index contributed by atoms with van der Waals surface area (Å²) in [6.45, 7) is 6.64. The van der Waals surface area contributed by atoms with E-state index in [4.69, 9.17) is 0 Å². The zero-order chi connectivity index (χ0) is 13.6. The van der Waals surface area contributed by atoms with Crippen molar-refractivity contribution in [3.63, 3.8) is 0 Å². The van der Waals surface area contributed by atoms with Crippen molar-refractivity contribution in [1.82, 2.24) is 0 Å². The molecule has 1 N–H and O–H groups in total. The van der Waals surface area contributed by atoms with Gasteiger partial charge in [0.05, 0.1) is 6.10 Å². The first-order chi connectivity index (χ1) is 8.66. The van der Waals surface area contributed by atoms with Crippen molar-refractivity contribution >= 4 is 0 Å². The molecule has 0 amide bonds. The van der Waals surface area contributed by atoms with Crippen molar-refractivity contribution in [2.45, 2.75) is 104 Å². The third kappa shape index (κ3) is 14.0. The van der Waals surface area contributed by atoms with Crippen LogP contribution < -0.4 is 0 Å². The largest absolute Gasteiger partial charge is 0.393 e. The van der Waals surface area contributed by atoms with Crippen LogP contribution in [-0.2, 0) is 0 Å². The second kappa shape index (κ2) is 13.4. The Kier molecular flexibility index (Phi) is 13.4. The van der Waals surface area contributed by atoms with Crippen LogP contribution in [0.5, 0.6) is 0 Å². The molecule has 0 heterocycles. The molecule has 0 aliphatic rings. The second-order valence-electron chi connectivity index (χ2n) is 6.25. The van der Waals surface area contributed by atoms with Crippen LogP contribution in [0.25, 0.3) is 0 Å². The van der Waals surface area contributed by atoms with Gasteiger partial charge in [0.1, 0.15) is 0 Å². The Balaban J connectivity index is 3.07. The molecule has 1 heteroatoms. The zero-order valence-corrected chi connectivity index (χ0v) is 13.1. The summed E-state index contributed by atoms with van der Waals surface area (Å²) in [7, 11) is 0. The van der Waals surface area contributed by atoms with E-state index in [1.54, 1.807) is 0 Å². The third-order valence-electron chi connectivity index (χ3n) is 3.63. The molecule has 0 aromatic rings. The topological polar surface area (TPSA) is 20.2 Å². The lowest BCUT2D eigenvalue weighted by molar-refractivity contribution is 0.136. The minimum Gasteiger partial charge on any atom is -0.393 e. The second-order valence-corrected chi connectivity index (χ2v) is 6.25. The number of hydrogen-bond acceptors (Lipinski definition) is 1. The van der Waals surface area contributed by atoms with Crippen LogP contribution in [0.4, 0.5) is 0 Å². The maximum atomic E-state index is 9.74. The van der Waals surface area contributed by atoms with Crippen molar-refractivity contribution in [2.24, 2.45) is 5.92 Å². The van der Waals surface area contributed by atoms with Gasteiger partial charge in [-0.25, -0.2) is 0 Å². The van der Waals surface area contributed by atoms with Gasteiger partial charge in [-0.1, -0.05) is 85.0 Å². The van der Waals surface area contributed by atoms with Gasteiger partial charge in [0.2, 0.25) is 0 Å². The highest BCUT2D eigenvalue weighted by molar-refractivity contribution is 4.58. The predicted octanol–water partition coefficient (Wildman–Crippen LogP) is 5.70. The van der Waals surface area contributed by atoms with Gasteiger partial charge in [-0.15, -0.1) is 0 Å². The fraction of sp³-hybridized carbons (Fsp3) is 1.00. The molecule has 0 radical (unpaired) electrons. The Hall–Kier alpha value is -0.0400. The molecular weight excluding hydrogens is 220 g/mol. The molecule has 0 aliphatic carbocycles. The first kappa shape index (κ1) is 18.0. The highest BCUT2D eigenvalue weighted by Gasteiger charge is 2.05. The molecular formula is C17H36O. The van der Waals surface area contributed by atoms with Gasteiger partial charge in [0.25, 0.3) is 0 Å². The van der Waals surface area contributed by atoms with E-state index in [1.165, 1.54) is 64.2 Å². The normalized spacial score (nSPS) is 13.2. The first-order valence-electron chi connectivity index (χ1n) is 8.34. The molecule has 0 bridgehead atoms. The van der Waals surface area contributed by atoms with Crippen molar-refractivity contribution < 1.29 is 5.11 Å². The summed E-state index contributed by atoms with van der Waals surface area (Å²) in [4.78, 5) is 0. The van der Waals surface area contributed by atoms with Crippen LogP contribution in [0.15, 0.2) is 0 Å². The van der Waals surface area contributed by atoms with E-state index in [-0.39, 0.29) is 6.10 Å². The molecule has 1 unspecified atom stereocenters. The minimum absolute atomic E-state index is 0.0564. The molecule has 1 atom stereocenters. The average molecular weight is 256 g/mol. The summed E-state index contributed by atoms with van der Waals surface area (Å²) >= 11 is 0. The summed E-state index contributed by atoms with van der Waals surface area (Å²) in [6, 6.07) is 0. The summed E-state index contributed by atoms with van der Waals surface area (Å²) in [6.07, 6.45) is 15.7. The van der Waals surface area contributed by atoms with Crippen LogP contribution in [0.2, 0.25) is 0 Å². The molecule has 18 heavy (non-hydrogen) atoms. The van der Waals surface area contributed by atoms with Crippen molar-refractivity contribution in [3.8, 4) is 0 Å². The molecule has 0 rings (SSSR count). The molecule has 0 saturated heterocycles. The maximum absolute atomic E-state index is 9.74. The van der Waals surface area contributed by atoms with E-state index in [0.717, 1.165) is 12.8 Å². The Bertz CT molecular complexity index is 154. The standard InChI is InChI=1S/C17H36O/c1-4-5-6-7-8-9-10-11-12-13-14-17(18)15-16(2)3/h16-18H,4-15H2,1-3H3. The van der Waals surface area contributed by atoms with Gasteiger partial charge in [-0.3, -0.25) is 0 Å². The van der Waals surface area contributed by atoms with Gasteiger partial charge in [0, 0.05) is 0 Å². The molecule has 0 saturated carbocycles. The highest BCUT2D eigenvalue weighted by Crippen LogP contribution is 2.14. The zero-order valence-electron chi connectivity index (χ0n) is 13.1.